The number of methoxy groups -OCH3 is 1. The van der Waals surface area contributed by atoms with E-state index in [9.17, 15) is 4.79 Å². The molecule has 0 fully saturated rings. The summed E-state index contributed by atoms with van der Waals surface area (Å²) in [5, 5.41) is 0. The van der Waals surface area contributed by atoms with Crippen LogP contribution in [0, 0.1) is 0 Å². The van der Waals surface area contributed by atoms with Crippen molar-refractivity contribution in [3.63, 3.8) is 0 Å². The summed E-state index contributed by atoms with van der Waals surface area (Å²) in [5.74, 6) is -0.122. The number of hydrogen-bond acceptors (Lipinski definition) is 3. The molecule has 0 saturated heterocycles. The highest BCUT2D eigenvalue weighted by molar-refractivity contribution is 5.93. The van der Waals surface area contributed by atoms with Crippen molar-refractivity contribution >= 4 is 5.78 Å². The van der Waals surface area contributed by atoms with E-state index in [-0.39, 0.29) is 5.78 Å². The highest BCUT2D eigenvalue weighted by atomic mass is 16.7. The summed E-state index contributed by atoms with van der Waals surface area (Å²) < 4.78 is 9.56. The first-order valence-corrected chi connectivity index (χ1v) is 2.69. The normalized spacial score (nSPS) is 26.8. The van der Waals surface area contributed by atoms with Crippen LogP contribution in [0.5, 0.6) is 0 Å². The van der Waals surface area contributed by atoms with Crippen molar-refractivity contribution < 1.29 is 14.3 Å². The van der Waals surface area contributed by atoms with Gasteiger partial charge in [-0.05, 0) is 6.08 Å². The lowest BCUT2D eigenvalue weighted by Crippen LogP contribution is -2.27. The smallest absolute Gasteiger partial charge is 0.222 e. The van der Waals surface area contributed by atoms with E-state index >= 15 is 0 Å². The fourth-order valence-electron chi connectivity index (χ4n) is 0.652. The van der Waals surface area contributed by atoms with Crippen LogP contribution < -0.4 is 0 Å². The fraction of sp³-hybridized carbons (Fsp3) is 0.500. The highest BCUT2D eigenvalue weighted by Gasteiger charge is 2.17. The van der Waals surface area contributed by atoms with Gasteiger partial charge in [-0.3, -0.25) is 4.79 Å². The maximum atomic E-state index is 10.7. The van der Waals surface area contributed by atoms with Gasteiger partial charge in [0.25, 0.3) is 0 Å². The number of hydrogen-bond donors (Lipinski definition) is 0. The van der Waals surface area contributed by atoms with Gasteiger partial charge in [0.15, 0.2) is 0 Å². The van der Waals surface area contributed by atoms with Crippen LogP contribution in [0.15, 0.2) is 12.2 Å². The lowest BCUT2D eigenvalue weighted by Gasteiger charge is -2.14. The maximum absolute atomic E-state index is 10.7. The maximum Gasteiger partial charge on any atom is 0.222 e. The summed E-state index contributed by atoms with van der Waals surface area (Å²) in [6, 6.07) is 0. The number of rotatable bonds is 1. The Morgan fingerprint density at radius 1 is 1.89 bits per heavy atom. The Labute approximate surface area is 53.3 Å². The predicted octanol–water partition coefficient (Wildman–Crippen LogP) is 0.114. The standard InChI is InChI=1S/C6H8O3/c1-8-6-5(7)3-2-4-9-6/h2-3,6H,4H2,1H3. The zero-order chi connectivity index (χ0) is 6.69. The third-order valence-corrected chi connectivity index (χ3v) is 1.07. The minimum absolute atomic E-state index is 0.122. The molecule has 1 aliphatic rings. The topological polar surface area (TPSA) is 35.5 Å². The largest absolute Gasteiger partial charge is 0.349 e. The van der Waals surface area contributed by atoms with E-state index in [4.69, 9.17) is 4.74 Å². The molecule has 9 heavy (non-hydrogen) atoms. The van der Waals surface area contributed by atoms with Gasteiger partial charge in [-0.1, -0.05) is 6.08 Å². The van der Waals surface area contributed by atoms with Crippen LogP contribution in [0.3, 0.4) is 0 Å². The summed E-state index contributed by atoms with van der Waals surface area (Å²) in [5.41, 5.74) is 0. The van der Waals surface area contributed by atoms with Crippen molar-refractivity contribution in [1.82, 2.24) is 0 Å². The van der Waals surface area contributed by atoms with E-state index in [0.29, 0.717) is 6.61 Å². The minimum atomic E-state index is -0.671. The molecular formula is C6H8O3. The van der Waals surface area contributed by atoms with E-state index in [2.05, 4.69) is 4.74 Å². The first kappa shape index (κ1) is 6.45. The fourth-order valence-corrected chi connectivity index (χ4v) is 0.652. The second-order valence-corrected chi connectivity index (χ2v) is 1.71. The van der Waals surface area contributed by atoms with Gasteiger partial charge in [0, 0.05) is 7.11 Å². The SMILES string of the molecule is COC1OCC=CC1=O. The molecule has 0 radical (unpaired) electrons. The van der Waals surface area contributed by atoms with Crippen LogP contribution in [-0.2, 0) is 14.3 Å². The number of ether oxygens (including phenoxy) is 2. The van der Waals surface area contributed by atoms with Gasteiger partial charge in [-0.25, -0.2) is 0 Å². The average molecular weight is 128 g/mol. The molecule has 1 rings (SSSR count). The van der Waals surface area contributed by atoms with E-state index < -0.39 is 6.29 Å². The van der Waals surface area contributed by atoms with Gasteiger partial charge in [0.1, 0.15) is 0 Å². The Hall–Kier alpha value is -0.670. The van der Waals surface area contributed by atoms with Gasteiger partial charge in [0.05, 0.1) is 6.61 Å². The molecule has 0 saturated carbocycles. The highest BCUT2D eigenvalue weighted by Crippen LogP contribution is 2.01. The third kappa shape index (κ3) is 1.37. The number of ketones is 1. The molecule has 3 heteroatoms. The van der Waals surface area contributed by atoms with Gasteiger partial charge >= 0.3 is 0 Å². The summed E-state index contributed by atoms with van der Waals surface area (Å²) in [6.45, 7) is 0.463. The Morgan fingerprint density at radius 3 is 3.11 bits per heavy atom. The zero-order valence-corrected chi connectivity index (χ0v) is 5.16. The molecular weight excluding hydrogens is 120 g/mol. The molecule has 3 nitrogen and oxygen atoms in total. The van der Waals surface area contributed by atoms with Crippen LogP contribution >= 0.6 is 0 Å². The van der Waals surface area contributed by atoms with E-state index in [1.165, 1.54) is 13.2 Å². The van der Waals surface area contributed by atoms with Crippen LogP contribution in [0.4, 0.5) is 0 Å². The third-order valence-electron chi connectivity index (χ3n) is 1.07. The van der Waals surface area contributed by atoms with Crippen LogP contribution in [0.2, 0.25) is 0 Å². The number of carbonyl (C=O) groups excluding carboxylic acids is 1. The van der Waals surface area contributed by atoms with Crippen LogP contribution in [0.1, 0.15) is 0 Å². The second kappa shape index (κ2) is 2.75. The molecule has 0 N–H and O–H groups in total. The van der Waals surface area contributed by atoms with Crippen LogP contribution in [-0.4, -0.2) is 25.8 Å². The van der Waals surface area contributed by atoms with Crippen molar-refractivity contribution in [2.75, 3.05) is 13.7 Å². The van der Waals surface area contributed by atoms with Crippen molar-refractivity contribution in [2.45, 2.75) is 6.29 Å². The van der Waals surface area contributed by atoms with E-state index in [0.717, 1.165) is 0 Å². The Balaban J connectivity index is 2.55. The van der Waals surface area contributed by atoms with Crippen molar-refractivity contribution in [3.8, 4) is 0 Å². The summed E-state index contributed by atoms with van der Waals surface area (Å²) in [4.78, 5) is 10.7. The van der Waals surface area contributed by atoms with Crippen LogP contribution in [0.25, 0.3) is 0 Å². The lowest BCUT2D eigenvalue weighted by molar-refractivity contribution is -0.157. The molecule has 0 amide bonds. The zero-order valence-electron chi connectivity index (χ0n) is 5.16. The molecule has 0 aromatic heterocycles. The van der Waals surface area contributed by atoms with E-state index in [1.54, 1.807) is 6.08 Å². The molecule has 0 aromatic rings. The second-order valence-electron chi connectivity index (χ2n) is 1.71. The molecule has 50 valence electrons. The van der Waals surface area contributed by atoms with Crippen molar-refractivity contribution in [2.24, 2.45) is 0 Å². The first-order valence-electron chi connectivity index (χ1n) is 2.69. The van der Waals surface area contributed by atoms with Gasteiger partial charge in [-0.15, -0.1) is 0 Å². The Morgan fingerprint density at radius 2 is 2.67 bits per heavy atom. The molecule has 1 heterocycles. The van der Waals surface area contributed by atoms with Gasteiger partial charge in [0.2, 0.25) is 12.1 Å². The summed E-state index contributed by atoms with van der Waals surface area (Å²) in [6.07, 6.45) is 2.46. The molecule has 1 atom stereocenters. The Kier molecular flexibility index (Phi) is 1.97. The Bertz CT molecular complexity index is 139. The predicted molar refractivity (Wildman–Crippen MR) is 30.9 cm³/mol. The molecule has 1 aliphatic heterocycles. The summed E-state index contributed by atoms with van der Waals surface area (Å²) in [7, 11) is 1.45. The lowest BCUT2D eigenvalue weighted by atomic mass is 10.3. The molecule has 0 aromatic carbocycles. The summed E-state index contributed by atoms with van der Waals surface area (Å²) >= 11 is 0. The average Bonchev–Trinajstić information content (AvgIpc) is 1.89. The molecule has 1 unspecified atom stereocenters. The quantitative estimate of drug-likeness (QED) is 0.503. The van der Waals surface area contributed by atoms with Gasteiger partial charge < -0.3 is 9.47 Å². The van der Waals surface area contributed by atoms with Crippen molar-refractivity contribution in [1.29, 1.82) is 0 Å². The number of carbonyl (C=O) groups is 1. The van der Waals surface area contributed by atoms with Gasteiger partial charge in [-0.2, -0.15) is 0 Å². The molecule has 0 aliphatic carbocycles. The molecule has 0 bridgehead atoms. The monoisotopic (exact) mass is 128 g/mol. The minimum Gasteiger partial charge on any atom is -0.349 e. The first-order chi connectivity index (χ1) is 4.34. The van der Waals surface area contributed by atoms with E-state index in [1.807, 2.05) is 0 Å². The van der Waals surface area contributed by atoms with Crippen molar-refractivity contribution in [3.05, 3.63) is 12.2 Å². The molecule has 0 spiro atoms.